The molecule has 0 aliphatic rings. The maximum absolute atomic E-state index is 10.9. The quantitative estimate of drug-likeness (QED) is 0.430. The molecule has 2 atom stereocenters. The summed E-state index contributed by atoms with van der Waals surface area (Å²) in [7, 11) is 0. The van der Waals surface area contributed by atoms with Crippen molar-refractivity contribution >= 4 is 24.6 Å². The molecule has 0 aromatic carbocycles. The molecule has 140 valence electrons. The zero-order valence-electron chi connectivity index (χ0n) is 13.5. The van der Waals surface area contributed by atoms with Crippen molar-refractivity contribution in [3.05, 3.63) is 0 Å². The molecule has 12 nitrogen and oxygen atoms in total. The molecule has 0 aromatic rings. The van der Waals surface area contributed by atoms with Gasteiger partial charge in [0.05, 0.1) is 0 Å². The van der Waals surface area contributed by atoms with Gasteiger partial charge in [-0.1, -0.05) is 13.8 Å². The topological polar surface area (TPSA) is 164 Å². The van der Waals surface area contributed by atoms with Crippen LogP contribution in [0.2, 0.25) is 0 Å². The molecule has 0 fully saturated rings. The van der Waals surface area contributed by atoms with Gasteiger partial charge >= 0.3 is 24.6 Å². The van der Waals surface area contributed by atoms with Crippen molar-refractivity contribution in [1.82, 2.24) is 0 Å². The van der Waals surface area contributed by atoms with Crippen LogP contribution in [0.4, 0.5) is 19.2 Å². The highest BCUT2D eigenvalue weighted by atomic mass is 17.3. The summed E-state index contributed by atoms with van der Waals surface area (Å²) in [4.78, 5) is 54.8. The fraction of sp³-hybridized carbons (Fsp3) is 0.667. The molecule has 0 saturated heterocycles. The molecule has 24 heavy (non-hydrogen) atoms. The molecular weight excluding hydrogens is 336 g/mol. The number of carbonyl (C=O) groups excluding carboxylic acids is 2. The number of carbonyl (C=O) groups is 4. The van der Waals surface area contributed by atoms with Gasteiger partial charge < -0.3 is 19.7 Å². The normalized spacial score (nSPS) is 11.5. The summed E-state index contributed by atoms with van der Waals surface area (Å²) in [6, 6.07) is 0. The van der Waals surface area contributed by atoms with Crippen LogP contribution in [0.15, 0.2) is 0 Å². The molecule has 0 spiro atoms. The predicted molar refractivity (Wildman–Crippen MR) is 72.9 cm³/mol. The van der Waals surface area contributed by atoms with E-state index in [2.05, 4.69) is 29.0 Å². The van der Waals surface area contributed by atoms with Gasteiger partial charge in [0.2, 0.25) is 0 Å². The van der Waals surface area contributed by atoms with Crippen molar-refractivity contribution in [2.24, 2.45) is 0 Å². The van der Waals surface area contributed by atoms with Crippen molar-refractivity contribution in [2.75, 3.05) is 0 Å². The largest absolute Gasteiger partial charge is 0.550 e. The molecule has 0 aromatic heterocycles. The number of hydrogen-bond acceptors (Lipinski definition) is 10. The predicted octanol–water partition coefficient (Wildman–Crippen LogP) is 3.10. The van der Waals surface area contributed by atoms with Crippen LogP contribution in [0.3, 0.4) is 0 Å². The summed E-state index contributed by atoms with van der Waals surface area (Å²) in [5.74, 6) is 0. The summed E-state index contributed by atoms with van der Waals surface area (Å²) in [6.45, 7) is 7.07. The summed E-state index contributed by atoms with van der Waals surface area (Å²) in [5.41, 5.74) is 0. The Balaban J connectivity index is 0. The highest BCUT2D eigenvalue weighted by Gasteiger charge is 2.15. The monoisotopic (exact) mass is 356 g/mol. The molecular formula is C12H20O12. The van der Waals surface area contributed by atoms with Gasteiger partial charge in [0.15, 0.2) is 0 Å². The molecule has 2 N–H and O–H groups in total. The van der Waals surface area contributed by atoms with Crippen molar-refractivity contribution in [3.8, 4) is 0 Å². The Morgan fingerprint density at radius 3 is 1.21 bits per heavy atom. The first kappa shape index (κ1) is 23.3. The first-order valence-corrected chi connectivity index (χ1v) is 6.68. The molecule has 0 radical (unpaired) electrons. The van der Waals surface area contributed by atoms with E-state index in [-0.39, 0.29) is 12.2 Å². The van der Waals surface area contributed by atoms with E-state index >= 15 is 0 Å². The fourth-order valence-corrected chi connectivity index (χ4v) is 0.674. The van der Waals surface area contributed by atoms with Crippen LogP contribution >= 0.6 is 0 Å². The van der Waals surface area contributed by atoms with E-state index in [0.29, 0.717) is 12.8 Å². The summed E-state index contributed by atoms with van der Waals surface area (Å²) < 4.78 is 9.37. The van der Waals surface area contributed by atoms with Crippen molar-refractivity contribution in [3.63, 3.8) is 0 Å². The summed E-state index contributed by atoms with van der Waals surface area (Å²) >= 11 is 0. The van der Waals surface area contributed by atoms with Gasteiger partial charge in [-0.15, -0.1) is 0 Å². The summed E-state index contributed by atoms with van der Waals surface area (Å²) in [6.07, 6.45) is -5.01. The minimum atomic E-state index is -1.80. The lowest BCUT2D eigenvalue weighted by molar-refractivity contribution is -0.223. The van der Waals surface area contributed by atoms with Crippen molar-refractivity contribution in [2.45, 2.75) is 52.7 Å². The van der Waals surface area contributed by atoms with Crippen LogP contribution in [0.25, 0.3) is 0 Å². The van der Waals surface area contributed by atoms with Gasteiger partial charge in [0, 0.05) is 0 Å². The Morgan fingerprint density at radius 2 is 1.00 bits per heavy atom. The van der Waals surface area contributed by atoms with E-state index in [1.54, 1.807) is 13.8 Å². The third kappa shape index (κ3) is 17.1. The minimum absolute atomic E-state index is 0.290. The zero-order valence-corrected chi connectivity index (χ0v) is 13.5. The van der Waals surface area contributed by atoms with E-state index in [1.807, 2.05) is 13.8 Å². The van der Waals surface area contributed by atoms with E-state index in [0.717, 1.165) is 0 Å². The molecule has 0 saturated carbocycles. The number of rotatable bonds is 4. The Hall–Kier alpha value is -2.92. The highest BCUT2D eigenvalue weighted by Crippen LogP contribution is 2.02. The Bertz CT molecular complexity index is 369. The zero-order chi connectivity index (χ0) is 19.1. The molecule has 0 bridgehead atoms. The maximum atomic E-state index is 10.9. The van der Waals surface area contributed by atoms with E-state index in [1.165, 1.54) is 0 Å². The lowest BCUT2D eigenvalue weighted by atomic mass is 10.3. The molecule has 0 aliphatic heterocycles. The Labute approximate surface area is 137 Å². The third-order valence-corrected chi connectivity index (χ3v) is 2.11. The lowest BCUT2D eigenvalue weighted by Gasteiger charge is -2.11. The lowest BCUT2D eigenvalue weighted by Crippen LogP contribution is -2.20. The van der Waals surface area contributed by atoms with Gasteiger partial charge in [0.25, 0.3) is 0 Å². The second-order valence-electron chi connectivity index (χ2n) is 4.04. The van der Waals surface area contributed by atoms with Crippen LogP contribution in [0.1, 0.15) is 40.5 Å². The minimum Gasteiger partial charge on any atom is -0.447 e. The number of carboxylic acid groups (broad SMARTS) is 2. The van der Waals surface area contributed by atoms with Gasteiger partial charge in [-0.25, -0.2) is 19.4 Å². The standard InChI is InChI=1S/C10H18O6.C2H2O6/c1-5-7(3)13-9(11)15-16-10(12)14-8(4)6-2;3-1(4)7-8-2(5)6/h7-8H,5-6H2,1-4H3;(H,3,4)(H,5,6). The van der Waals surface area contributed by atoms with E-state index < -0.39 is 24.6 Å². The summed E-state index contributed by atoms with van der Waals surface area (Å²) in [5, 5.41) is 15.1. The van der Waals surface area contributed by atoms with Crippen LogP contribution in [0.5, 0.6) is 0 Å². The van der Waals surface area contributed by atoms with Crippen LogP contribution in [0, 0.1) is 0 Å². The van der Waals surface area contributed by atoms with Gasteiger partial charge in [0.1, 0.15) is 12.2 Å². The molecule has 12 heteroatoms. The average molecular weight is 356 g/mol. The first-order chi connectivity index (χ1) is 11.1. The fourth-order valence-electron chi connectivity index (χ4n) is 0.674. The molecule has 0 amide bonds. The van der Waals surface area contributed by atoms with Crippen molar-refractivity contribution < 1.29 is 58.4 Å². The molecule has 0 aliphatic carbocycles. The number of ether oxygens (including phenoxy) is 2. The Kier molecular flexibility index (Phi) is 13.3. The van der Waals surface area contributed by atoms with Gasteiger partial charge in [-0.3, -0.25) is 0 Å². The molecule has 0 rings (SSSR count). The molecule has 0 heterocycles. The van der Waals surface area contributed by atoms with Gasteiger partial charge in [-0.2, -0.15) is 19.4 Å². The van der Waals surface area contributed by atoms with E-state index in [4.69, 9.17) is 10.2 Å². The average Bonchev–Trinajstić information content (AvgIpc) is 2.51. The van der Waals surface area contributed by atoms with Crippen molar-refractivity contribution in [1.29, 1.82) is 0 Å². The Morgan fingerprint density at radius 1 is 0.708 bits per heavy atom. The van der Waals surface area contributed by atoms with Gasteiger partial charge in [-0.05, 0) is 26.7 Å². The van der Waals surface area contributed by atoms with Crippen LogP contribution in [-0.4, -0.2) is 47.0 Å². The number of hydrogen-bond donors (Lipinski definition) is 2. The maximum Gasteiger partial charge on any atom is 0.550 e. The van der Waals surface area contributed by atoms with Crippen LogP contribution < -0.4 is 0 Å². The molecule has 2 unspecified atom stereocenters. The second kappa shape index (κ2) is 13.7. The SMILES string of the molecule is CCC(C)OC(=O)OOC(=O)OC(C)CC.O=C(O)OOC(=O)O. The first-order valence-electron chi connectivity index (χ1n) is 6.68. The highest BCUT2D eigenvalue weighted by molar-refractivity contribution is 5.63. The third-order valence-electron chi connectivity index (χ3n) is 2.11. The smallest absolute Gasteiger partial charge is 0.447 e. The van der Waals surface area contributed by atoms with Crippen LogP contribution in [-0.2, 0) is 29.0 Å². The van der Waals surface area contributed by atoms with E-state index in [9.17, 15) is 19.2 Å². The second-order valence-corrected chi connectivity index (χ2v) is 4.04.